The molecule has 0 saturated carbocycles. The number of amides is 2. The summed E-state index contributed by atoms with van der Waals surface area (Å²) in [6.45, 7) is 1.55. The predicted octanol–water partition coefficient (Wildman–Crippen LogP) is 3.93. The molecule has 0 aliphatic heterocycles. The Balaban J connectivity index is 1.57. The van der Waals surface area contributed by atoms with Gasteiger partial charge in [0.15, 0.2) is 0 Å². The average molecular weight is 406 g/mol. The molecule has 2 amide bonds. The monoisotopic (exact) mass is 406 g/mol. The third-order valence-electron chi connectivity index (χ3n) is 4.14. The fourth-order valence-electron chi connectivity index (χ4n) is 2.70. The van der Waals surface area contributed by atoms with Crippen molar-refractivity contribution < 1.29 is 23.5 Å². The van der Waals surface area contributed by atoms with Crippen molar-refractivity contribution in [3.63, 3.8) is 0 Å². The zero-order chi connectivity index (χ0) is 21.5. The second-order valence-corrected chi connectivity index (χ2v) is 6.44. The van der Waals surface area contributed by atoms with E-state index in [1.807, 2.05) is 0 Å². The number of halogens is 1. The summed E-state index contributed by atoms with van der Waals surface area (Å²) >= 11 is 0. The van der Waals surface area contributed by atoms with E-state index in [2.05, 4.69) is 10.6 Å². The minimum absolute atomic E-state index is 0.0372. The third kappa shape index (κ3) is 5.51. The minimum Gasteiger partial charge on any atom is -0.427 e. The predicted molar refractivity (Wildman–Crippen MR) is 110 cm³/mol. The van der Waals surface area contributed by atoms with E-state index in [0.29, 0.717) is 17.0 Å². The van der Waals surface area contributed by atoms with E-state index >= 15 is 0 Å². The van der Waals surface area contributed by atoms with Crippen LogP contribution in [0.15, 0.2) is 72.8 Å². The molecule has 0 unspecified atom stereocenters. The number of nitrogens with one attached hydrogen (secondary N) is 2. The van der Waals surface area contributed by atoms with Crippen LogP contribution in [0.4, 0.5) is 10.1 Å². The van der Waals surface area contributed by atoms with Gasteiger partial charge in [0.25, 0.3) is 11.8 Å². The Labute approximate surface area is 172 Å². The van der Waals surface area contributed by atoms with Gasteiger partial charge in [0.1, 0.15) is 11.6 Å². The maximum atomic E-state index is 13.7. The van der Waals surface area contributed by atoms with E-state index in [0.717, 1.165) is 5.56 Å². The molecule has 0 saturated heterocycles. The quantitative estimate of drug-likeness (QED) is 0.480. The Morgan fingerprint density at radius 3 is 2.33 bits per heavy atom. The second-order valence-electron chi connectivity index (χ2n) is 6.44. The minimum atomic E-state index is -0.591. The summed E-state index contributed by atoms with van der Waals surface area (Å²) in [5.41, 5.74) is 1.64. The van der Waals surface area contributed by atoms with Crippen LogP contribution < -0.4 is 15.4 Å². The van der Waals surface area contributed by atoms with Gasteiger partial charge in [-0.2, -0.15) is 0 Å². The molecule has 0 radical (unpaired) electrons. The van der Waals surface area contributed by atoms with E-state index in [4.69, 9.17) is 4.74 Å². The average Bonchev–Trinajstić information content (AvgIpc) is 2.73. The Bertz CT molecular complexity index is 1080. The van der Waals surface area contributed by atoms with Gasteiger partial charge >= 0.3 is 5.97 Å². The van der Waals surface area contributed by atoms with Crippen LogP contribution in [0.25, 0.3) is 0 Å². The molecular formula is C23H19FN2O4. The highest BCUT2D eigenvalue weighted by Gasteiger charge is 2.11. The summed E-state index contributed by atoms with van der Waals surface area (Å²) in [7, 11) is 0. The highest BCUT2D eigenvalue weighted by atomic mass is 19.1. The van der Waals surface area contributed by atoms with Crippen molar-refractivity contribution in [1.82, 2.24) is 5.32 Å². The van der Waals surface area contributed by atoms with E-state index in [-0.39, 0.29) is 18.0 Å². The standard InChI is InChI=1S/C23H19FN2O4/c1-15(27)30-19-6-4-5-17(13-19)22(28)25-14-16-9-11-18(12-10-16)26-23(29)20-7-2-3-8-21(20)24/h2-13H,14H2,1H3,(H,25,28)(H,26,29). The van der Waals surface area contributed by atoms with Crippen LogP contribution in [-0.2, 0) is 11.3 Å². The summed E-state index contributed by atoms with van der Waals surface area (Å²) in [6.07, 6.45) is 0. The largest absolute Gasteiger partial charge is 0.427 e. The van der Waals surface area contributed by atoms with E-state index in [9.17, 15) is 18.8 Å². The number of esters is 1. The molecule has 3 aromatic carbocycles. The molecule has 152 valence electrons. The molecule has 0 bridgehead atoms. The normalized spacial score (nSPS) is 10.2. The summed E-state index contributed by atoms with van der Waals surface area (Å²) < 4.78 is 18.7. The van der Waals surface area contributed by atoms with Crippen LogP contribution in [0.2, 0.25) is 0 Å². The summed E-state index contributed by atoms with van der Waals surface area (Å²) in [4.78, 5) is 35.5. The van der Waals surface area contributed by atoms with Crippen molar-refractivity contribution in [3.05, 3.63) is 95.3 Å². The lowest BCUT2D eigenvalue weighted by Gasteiger charge is -2.09. The number of rotatable bonds is 6. The number of anilines is 1. The number of ether oxygens (including phenoxy) is 1. The molecule has 0 aliphatic carbocycles. The van der Waals surface area contributed by atoms with Gasteiger partial charge in [0.05, 0.1) is 5.56 Å². The van der Waals surface area contributed by atoms with Crippen LogP contribution in [0, 0.1) is 5.82 Å². The fourth-order valence-corrected chi connectivity index (χ4v) is 2.70. The smallest absolute Gasteiger partial charge is 0.308 e. The molecule has 2 N–H and O–H groups in total. The molecule has 0 fully saturated rings. The first-order chi connectivity index (χ1) is 14.4. The molecule has 3 aromatic rings. The maximum absolute atomic E-state index is 13.7. The van der Waals surface area contributed by atoms with Gasteiger partial charge in [-0.3, -0.25) is 14.4 Å². The Kier molecular flexibility index (Phi) is 6.54. The SMILES string of the molecule is CC(=O)Oc1cccc(C(=O)NCc2ccc(NC(=O)c3ccccc3F)cc2)c1. The summed E-state index contributed by atoms with van der Waals surface area (Å²) in [5, 5.41) is 5.40. The molecule has 30 heavy (non-hydrogen) atoms. The van der Waals surface area contributed by atoms with Crippen LogP contribution in [0.5, 0.6) is 5.75 Å². The highest BCUT2D eigenvalue weighted by Crippen LogP contribution is 2.15. The molecule has 0 heterocycles. The molecule has 0 aliphatic rings. The Hall–Kier alpha value is -4.00. The van der Waals surface area contributed by atoms with Crippen LogP contribution in [0.3, 0.4) is 0 Å². The molecule has 0 spiro atoms. The number of hydrogen-bond donors (Lipinski definition) is 2. The number of carbonyl (C=O) groups is 3. The number of hydrogen-bond acceptors (Lipinski definition) is 4. The van der Waals surface area contributed by atoms with E-state index in [1.165, 1.54) is 31.2 Å². The fraction of sp³-hybridized carbons (Fsp3) is 0.0870. The second kappa shape index (κ2) is 9.47. The van der Waals surface area contributed by atoms with E-state index < -0.39 is 17.7 Å². The van der Waals surface area contributed by atoms with Crippen LogP contribution >= 0.6 is 0 Å². The summed E-state index contributed by atoms with van der Waals surface area (Å²) in [5.74, 6) is -1.62. The molecule has 7 heteroatoms. The van der Waals surface area contributed by atoms with Crippen molar-refractivity contribution in [2.24, 2.45) is 0 Å². The van der Waals surface area contributed by atoms with Gasteiger partial charge in [0, 0.05) is 24.7 Å². The van der Waals surface area contributed by atoms with Gasteiger partial charge in [-0.25, -0.2) is 4.39 Å². The zero-order valence-electron chi connectivity index (χ0n) is 16.1. The molecular weight excluding hydrogens is 387 g/mol. The Morgan fingerprint density at radius 2 is 1.63 bits per heavy atom. The zero-order valence-corrected chi connectivity index (χ0v) is 16.1. The van der Waals surface area contributed by atoms with Crippen molar-refractivity contribution in [3.8, 4) is 5.75 Å². The Morgan fingerprint density at radius 1 is 0.900 bits per heavy atom. The van der Waals surface area contributed by atoms with E-state index in [1.54, 1.807) is 48.5 Å². The third-order valence-corrected chi connectivity index (χ3v) is 4.14. The maximum Gasteiger partial charge on any atom is 0.308 e. The lowest BCUT2D eigenvalue weighted by atomic mass is 10.1. The van der Waals surface area contributed by atoms with Crippen molar-refractivity contribution in [1.29, 1.82) is 0 Å². The topological polar surface area (TPSA) is 84.5 Å². The van der Waals surface area contributed by atoms with Gasteiger partial charge in [-0.05, 0) is 48.0 Å². The van der Waals surface area contributed by atoms with Crippen LogP contribution in [-0.4, -0.2) is 17.8 Å². The molecule has 3 rings (SSSR count). The molecule has 0 atom stereocenters. The lowest BCUT2D eigenvalue weighted by molar-refractivity contribution is -0.131. The number of benzene rings is 3. The summed E-state index contributed by atoms with van der Waals surface area (Å²) in [6, 6.07) is 18.9. The number of carbonyl (C=O) groups excluding carboxylic acids is 3. The molecule has 0 aromatic heterocycles. The van der Waals surface area contributed by atoms with Gasteiger partial charge in [-0.15, -0.1) is 0 Å². The van der Waals surface area contributed by atoms with Crippen molar-refractivity contribution >= 4 is 23.5 Å². The van der Waals surface area contributed by atoms with Gasteiger partial charge in [0.2, 0.25) is 0 Å². The van der Waals surface area contributed by atoms with Gasteiger partial charge in [-0.1, -0.05) is 30.3 Å². The highest BCUT2D eigenvalue weighted by molar-refractivity contribution is 6.04. The van der Waals surface area contributed by atoms with Gasteiger partial charge < -0.3 is 15.4 Å². The lowest BCUT2D eigenvalue weighted by Crippen LogP contribution is -2.22. The van der Waals surface area contributed by atoms with Crippen molar-refractivity contribution in [2.45, 2.75) is 13.5 Å². The van der Waals surface area contributed by atoms with Crippen LogP contribution in [0.1, 0.15) is 33.2 Å². The van der Waals surface area contributed by atoms with Crippen molar-refractivity contribution in [2.75, 3.05) is 5.32 Å². The molecule has 6 nitrogen and oxygen atoms in total. The first-order valence-electron chi connectivity index (χ1n) is 9.14. The first kappa shape index (κ1) is 20.7. The first-order valence-corrected chi connectivity index (χ1v) is 9.14.